The minimum Gasteiger partial charge on any atom is -0.448 e. The molecule has 0 spiro atoms. The van der Waals surface area contributed by atoms with Crippen LogP contribution in [0, 0.1) is 0 Å². The molecule has 1 atom stereocenters. The van der Waals surface area contributed by atoms with Crippen molar-refractivity contribution >= 4 is 33.3 Å². The van der Waals surface area contributed by atoms with Gasteiger partial charge in [-0.25, -0.2) is 4.79 Å². The number of nitrogens with zero attached hydrogens (tertiary/aromatic N) is 1. The third-order valence-corrected chi connectivity index (χ3v) is 3.80. The molecule has 0 fully saturated rings. The highest BCUT2D eigenvalue weighted by Crippen LogP contribution is 2.26. The molecule has 0 aliphatic rings. The van der Waals surface area contributed by atoms with E-state index in [0.29, 0.717) is 4.88 Å². The van der Waals surface area contributed by atoms with Crippen molar-refractivity contribution in [3.63, 3.8) is 0 Å². The van der Waals surface area contributed by atoms with Crippen LogP contribution in [0.1, 0.15) is 16.6 Å². The fourth-order valence-electron chi connectivity index (χ4n) is 1.72. The van der Waals surface area contributed by atoms with Crippen LogP contribution in [0.15, 0.2) is 30.3 Å². The minimum absolute atomic E-state index is 0.227. The molecule has 0 unspecified atom stereocenters. The van der Waals surface area contributed by atoms with Crippen LogP contribution in [0.2, 0.25) is 0 Å². The highest BCUT2D eigenvalue weighted by atomic mass is 32.1. The Kier molecular flexibility index (Phi) is 3.85. The largest absolute Gasteiger partial charge is 0.448 e. The number of amides is 1. The summed E-state index contributed by atoms with van der Waals surface area (Å²) in [7, 11) is 3.26. The zero-order valence-corrected chi connectivity index (χ0v) is 11.9. The van der Waals surface area contributed by atoms with Crippen LogP contribution in [0.4, 0.5) is 0 Å². The van der Waals surface area contributed by atoms with E-state index in [2.05, 4.69) is 0 Å². The number of rotatable bonds is 3. The van der Waals surface area contributed by atoms with Crippen LogP contribution in [0.25, 0.3) is 10.1 Å². The lowest BCUT2D eigenvalue weighted by molar-refractivity contribution is -0.137. The number of fused-ring (bicyclic) bond motifs is 1. The molecule has 0 radical (unpaired) electrons. The van der Waals surface area contributed by atoms with E-state index in [9.17, 15) is 9.59 Å². The lowest BCUT2D eigenvalue weighted by atomic mass is 10.2. The van der Waals surface area contributed by atoms with Crippen molar-refractivity contribution in [2.45, 2.75) is 13.0 Å². The van der Waals surface area contributed by atoms with E-state index in [1.54, 1.807) is 27.1 Å². The average Bonchev–Trinajstić information content (AvgIpc) is 2.81. The van der Waals surface area contributed by atoms with E-state index in [1.807, 2.05) is 24.3 Å². The van der Waals surface area contributed by atoms with Crippen LogP contribution in [0.3, 0.4) is 0 Å². The van der Waals surface area contributed by atoms with Gasteiger partial charge in [-0.2, -0.15) is 0 Å². The molecule has 1 amide bonds. The van der Waals surface area contributed by atoms with E-state index in [1.165, 1.54) is 16.2 Å². The van der Waals surface area contributed by atoms with Crippen LogP contribution in [0.5, 0.6) is 0 Å². The maximum atomic E-state index is 12.0. The number of benzene rings is 1. The number of carbonyl (C=O) groups excluding carboxylic acids is 2. The van der Waals surface area contributed by atoms with Gasteiger partial charge in [0, 0.05) is 18.8 Å². The summed E-state index contributed by atoms with van der Waals surface area (Å²) in [6, 6.07) is 9.52. The number of likely N-dealkylation sites (N-methyl/N-ethyl adjacent to an activating group) is 1. The van der Waals surface area contributed by atoms with Crippen molar-refractivity contribution in [1.29, 1.82) is 0 Å². The summed E-state index contributed by atoms with van der Waals surface area (Å²) in [5.41, 5.74) is 0. The molecule has 4 nitrogen and oxygen atoms in total. The zero-order valence-electron chi connectivity index (χ0n) is 11.0. The van der Waals surface area contributed by atoms with Crippen molar-refractivity contribution in [2.24, 2.45) is 0 Å². The molecule has 1 aromatic carbocycles. The molecule has 5 heteroatoms. The van der Waals surface area contributed by atoms with Crippen LogP contribution in [-0.2, 0) is 9.53 Å². The summed E-state index contributed by atoms with van der Waals surface area (Å²) in [5.74, 6) is -0.682. The summed E-state index contributed by atoms with van der Waals surface area (Å²) >= 11 is 1.37. The molecule has 0 aliphatic carbocycles. The smallest absolute Gasteiger partial charge is 0.349 e. The molecule has 1 aromatic heterocycles. The maximum absolute atomic E-state index is 12.0. The SMILES string of the molecule is C[C@@H](OC(=O)c1cc2ccccc2s1)C(=O)N(C)C. The molecule has 2 rings (SSSR count). The van der Waals surface area contributed by atoms with Crippen LogP contribution in [-0.4, -0.2) is 37.0 Å². The first-order valence-electron chi connectivity index (χ1n) is 5.90. The second kappa shape index (κ2) is 5.40. The predicted molar refractivity (Wildman–Crippen MR) is 75.4 cm³/mol. The Morgan fingerprint density at radius 2 is 1.95 bits per heavy atom. The Bertz CT molecular complexity index is 585. The molecule has 0 saturated heterocycles. The van der Waals surface area contributed by atoms with Gasteiger partial charge in [0.15, 0.2) is 6.10 Å². The number of ether oxygens (including phenoxy) is 1. The molecule has 1 heterocycles. The van der Waals surface area contributed by atoms with Gasteiger partial charge in [-0.1, -0.05) is 18.2 Å². The van der Waals surface area contributed by atoms with E-state index in [0.717, 1.165) is 10.1 Å². The molecular formula is C14H15NO3S. The molecular weight excluding hydrogens is 262 g/mol. The lowest BCUT2D eigenvalue weighted by Crippen LogP contribution is -2.34. The van der Waals surface area contributed by atoms with E-state index < -0.39 is 12.1 Å². The minimum atomic E-state index is -0.771. The lowest BCUT2D eigenvalue weighted by Gasteiger charge is -2.16. The fourth-order valence-corrected chi connectivity index (χ4v) is 2.66. The van der Waals surface area contributed by atoms with Gasteiger partial charge in [0.1, 0.15) is 4.88 Å². The van der Waals surface area contributed by atoms with Gasteiger partial charge in [0.05, 0.1) is 0 Å². The van der Waals surface area contributed by atoms with Gasteiger partial charge >= 0.3 is 5.97 Å². The van der Waals surface area contributed by atoms with E-state index in [-0.39, 0.29) is 5.91 Å². The second-order valence-electron chi connectivity index (χ2n) is 4.43. The summed E-state index contributed by atoms with van der Waals surface area (Å²) in [5, 5.41) is 1.01. The van der Waals surface area contributed by atoms with Crippen LogP contribution >= 0.6 is 11.3 Å². The maximum Gasteiger partial charge on any atom is 0.349 e. The van der Waals surface area contributed by atoms with Gasteiger partial charge in [0.2, 0.25) is 0 Å². The highest BCUT2D eigenvalue weighted by Gasteiger charge is 2.21. The topological polar surface area (TPSA) is 46.6 Å². The summed E-state index contributed by atoms with van der Waals surface area (Å²) in [6.45, 7) is 1.58. The first-order chi connectivity index (χ1) is 8.99. The van der Waals surface area contributed by atoms with Crippen molar-refractivity contribution in [2.75, 3.05) is 14.1 Å². The van der Waals surface area contributed by atoms with Gasteiger partial charge in [-0.05, 0) is 24.4 Å². The first-order valence-corrected chi connectivity index (χ1v) is 6.71. The first kappa shape index (κ1) is 13.5. The molecule has 19 heavy (non-hydrogen) atoms. The molecule has 2 aromatic rings. The molecule has 100 valence electrons. The second-order valence-corrected chi connectivity index (χ2v) is 5.51. The molecule has 0 N–H and O–H groups in total. The standard InChI is InChI=1S/C14H15NO3S/c1-9(13(16)15(2)3)18-14(17)12-8-10-6-4-5-7-11(10)19-12/h4-9H,1-3H3/t9-/m1/s1. The van der Waals surface area contributed by atoms with Crippen molar-refractivity contribution in [1.82, 2.24) is 4.90 Å². The summed E-state index contributed by atoms with van der Waals surface area (Å²) in [4.78, 5) is 25.5. The van der Waals surface area contributed by atoms with Crippen molar-refractivity contribution in [3.05, 3.63) is 35.2 Å². The normalized spacial score (nSPS) is 12.2. The molecule has 0 saturated carbocycles. The quantitative estimate of drug-likeness (QED) is 0.810. The Labute approximate surface area is 115 Å². The van der Waals surface area contributed by atoms with Gasteiger partial charge in [0.25, 0.3) is 5.91 Å². The van der Waals surface area contributed by atoms with Crippen molar-refractivity contribution in [3.8, 4) is 0 Å². The third kappa shape index (κ3) is 2.93. The van der Waals surface area contributed by atoms with E-state index >= 15 is 0 Å². The Morgan fingerprint density at radius 1 is 1.26 bits per heavy atom. The van der Waals surface area contributed by atoms with Gasteiger partial charge in [-0.3, -0.25) is 4.79 Å². The average molecular weight is 277 g/mol. The number of hydrogen-bond acceptors (Lipinski definition) is 4. The van der Waals surface area contributed by atoms with Crippen molar-refractivity contribution < 1.29 is 14.3 Å². The highest BCUT2D eigenvalue weighted by molar-refractivity contribution is 7.20. The third-order valence-electron chi connectivity index (χ3n) is 2.70. The Balaban J connectivity index is 2.13. The number of hydrogen-bond donors (Lipinski definition) is 0. The van der Waals surface area contributed by atoms with Crippen LogP contribution < -0.4 is 0 Å². The van der Waals surface area contributed by atoms with Gasteiger partial charge in [-0.15, -0.1) is 11.3 Å². The Morgan fingerprint density at radius 3 is 2.58 bits per heavy atom. The number of esters is 1. The Hall–Kier alpha value is -1.88. The predicted octanol–water partition coefficient (Wildman–Crippen LogP) is 2.53. The molecule has 0 bridgehead atoms. The summed E-state index contributed by atoms with van der Waals surface area (Å²) in [6.07, 6.45) is -0.771. The number of carbonyl (C=O) groups is 2. The number of thiophene rings is 1. The zero-order chi connectivity index (χ0) is 14.0. The monoisotopic (exact) mass is 277 g/mol. The fraction of sp³-hybridized carbons (Fsp3) is 0.286. The van der Waals surface area contributed by atoms with E-state index in [4.69, 9.17) is 4.74 Å². The summed E-state index contributed by atoms with van der Waals surface area (Å²) < 4.78 is 6.20. The molecule has 0 aliphatic heterocycles. The van der Waals surface area contributed by atoms with Gasteiger partial charge < -0.3 is 9.64 Å².